The third-order valence-corrected chi connectivity index (χ3v) is 3.37. The van der Waals surface area contributed by atoms with Gasteiger partial charge in [-0.1, -0.05) is 6.08 Å². The molecule has 0 aromatic rings. The minimum absolute atomic E-state index is 0.234. The van der Waals surface area contributed by atoms with Crippen LogP contribution >= 0.6 is 0 Å². The van der Waals surface area contributed by atoms with Gasteiger partial charge in [0.15, 0.2) is 0 Å². The molecule has 0 saturated carbocycles. The largest absolute Gasteiger partial charge is 0.464 e. The van der Waals surface area contributed by atoms with Gasteiger partial charge in [-0.25, -0.2) is 9.59 Å². The van der Waals surface area contributed by atoms with Crippen LogP contribution in [0.2, 0.25) is 0 Å². The van der Waals surface area contributed by atoms with E-state index < -0.39 is 17.5 Å². The van der Waals surface area contributed by atoms with E-state index in [0.717, 1.165) is 0 Å². The Balaban J connectivity index is 3.18. The summed E-state index contributed by atoms with van der Waals surface area (Å²) in [4.78, 5) is 26.2. The standard InChI is InChI=1S/C13H21NO4/c1-5-10-8-9-14(4)13(10,11(15)17-6-2)12(16)18-7-3/h5,10H,1,6-9H2,2-4H3/t10-/m1/s1. The van der Waals surface area contributed by atoms with Crippen molar-refractivity contribution in [2.24, 2.45) is 5.92 Å². The third-order valence-electron chi connectivity index (χ3n) is 3.37. The number of nitrogens with zero attached hydrogens (tertiary/aromatic N) is 1. The number of carbonyl (C=O) groups is 2. The van der Waals surface area contributed by atoms with Gasteiger partial charge < -0.3 is 9.47 Å². The number of ether oxygens (including phenoxy) is 2. The number of hydrogen-bond acceptors (Lipinski definition) is 5. The molecule has 18 heavy (non-hydrogen) atoms. The predicted molar refractivity (Wildman–Crippen MR) is 66.9 cm³/mol. The van der Waals surface area contributed by atoms with Crippen LogP contribution in [0.1, 0.15) is 20.3 Å². The molecule has 0 radical (unpaired) electrons. The fourth-order valence-corrected chi connectivity index (χ4v) is 2.47. The minimum atomic E-state index is -1.37. The molecule has 1 atom stereocenters. The lowest BCUT2D eigenvalue weighted by Crippen LogP contribution is -2.60. The highest BCUT2D eigenvalue weighted by Gasteiger charge is 2.60. The zero-order valence-corrected chi connectivity index (χ0v) is 11.3. The Morgan fingerprint density at radius 1 is 1.33 bits per heavy atom. The highest BCUT2D eigenvalue weighted by molar-refractivity contribution is 6.06. The molecule has 1 heterocycles. The fraction of sp³-hybridized carbons (Fsp3) is 0.692. The van der Waals surface area contributed by atoms with E-state index in [0.29, 0.717) is 13.0 Å². The van der Waals surface area contributed by atoms with Crippen molar-refractivity contribution in [3.05, 3.63) is 12.7 Å². The highest BCUT2D eigenvalue weighted by atomic mass is 16.6. The third kappa shape index (κ3) is 2.14. The van der Waals surface area contributed by atoms with Crippen molar-refractivity contribution in [1.29, 1.82) is 0 Å². The summed E-state index contributed by atoms with van der Waals surface area (Å²) in [5, 5.41) is 0. The van der Waals surface area contributed by atoms with Gasteiger partial charge in [0.1, 0.15) is 0 Å². The average Bonchev–Trinajstić information content (AvgIpc) is 2.67. The summed E-state index contributed by atoms with van der Waals surface area (Å²) in [5.74, 6) is -1.37. The molecule has 0 aromatic heterocycles. The van der Waals surface area contributed by atoms with Gasteiger partial charge in [-0.05, 0) is 27.3 Å². The molecule has 0 bridgehead atoms. The molecule has 102 valence electrons. The summed E-state index contributed by atoms with van der Waals surface area (Å²) < 4.78 is 10.1. The van der Waals surface area contributed by atoms with Gasteiger partial charge >= 0.3 is 11.9 Å². The number of carbonyl (C=O) groups excluding carboxylic acids is 2. The zero-order valence-electron chi connectivity index (χ0n) is 11.3. The lowest BCUT2D eigenvalue weighted by molar-refractivity contribution is -0.173. The molecule has 1 aliphatic rings. The van der Waals surface area contributed by atoms with E-state index in [9.17, 15) is 9.59 Å². The Kier molecular flexibility index (Phi) is 4.90. The first kappa shape index (κ1) is 14.7. The predicted octanol–water partition coefficient (Wildman–Crippen LogP) is 0.989. The fourth-order valence-electron chi connectivity index (χ4n) is 2.47. The van der Waals surface area contributed by atoms with E-state index in [1.165, 1.54) is 0 Å². The lowest BCUT2D eigenvalue weighted by Gasteiger charge is -2.34. The Morgan fingerprint density at radius 3 is 2.22 bits per heavy atom. The van der Waals surface area contributed by atoms with Crippen LogP contribution in [0, 0.1) is 5.92 Å². The number of rotatable bonds is 5. The molecule has 0 N–H and O–H groups in total. The van der Waals surface area contributed by atoms with Crippen molar-refractivity contribution < 1.29 is 19.1 Å². The molecule has 0 aromatic carbocycles. The smallest absolute Gasteiger partial charge is 0.338 e. The molecule has 0 aliphatic carbocycles. The molecule has 5 nitrogen and oxygen atoms in total. The van der Waals surface area contributed by atoms with Crippen molar-refractivity contribution in [2.45, 2.75) is 25.8 Å². The van der Waals surface area contributed by atoms with Crippen molar-refractivity contribution in [3.63, 3.8) is 0 Å². The summed E-state index contributed by atoms with van der Waals surface area (Å²) in [6, 6.07) is 0. The van der Waals surface area contributed by atoms with Gasteiger partial charge in [0, 0.05) is 12.5 Å². The number of likely N-dealkylation sites (tertiary alicyclic amines) is 1. The summed E-state index contributed by atoms with van der Waals surface area (Å²) in [7, 11) is 1.73. The van der Waals surface area contributed by atoms with Crippen LogP contribution in [0.25, 0.3) is 0 Å². The van der Waals surface area contributed by atoms with Gasteiger partial charge in [-0.2, -0.15) is 0 Å². The van der Waals surface area contributed by atoms with Gasteiger partial charge in [0.25, 0.3) is 0 Å². The number of hydrogen-bond donors (Lipinski definition) is 0. The molecule has 0 amide bonds. The maximum absolute atomic E-state index is 12.3. The molecule has 0 unspecified atom stereocenters. The van der Waals surface area contributed by atoms with Crippen LogP contribution in [0.3, 0.4) is 0 Å². The monoisotopic (exact) mass is 255 g/mol. The summed E-state index contributed by atoms with van der Waals surface area (Å²) in [6.07, 6.45) is 2.33. The van der Waals surface area contributed by atoms with Crippen molar-refractivity contribution in [2.75, 3.05) is 26.8 Å². The molecule has 0 spiro atoms. The number of esters is 2. The first-order valence-corrected chi connectivity index (χ1v) is 6.23. The first-order chi connectivity index (χ1) is 8.55. The Hall–Kier alpha value is -1.36. The second-order valence-corrected chi connectivity index (χ2v) is 4.26. The van der Waals surface area contributed by atoms with E-state index in [1.807, 2.05) is 0 Å². The SMILES string of the molecule is C=C[C@@H]1CCN(C)C1(C(=O)OCC)C(=O)OCC. The molecule has 1 saturated heterocycles. The summed E-state index contributed by atoms with van der Waals surface area (Å²) in [5.41, 5.74) is -1.37. The van der Waals surface area contributed by atoms with E-state index >= 15 is 0 Å². The number of likely N-dealkylation sites (N-methyl/N-ethyl adjacent to an activating group) is 1. The van der Waals surface area contributed by atoms with E-state index in [4.69, 9.17) is 9.47 Å². The normalized spacial score (nSPS) is 22.5. The molecule has 1 aliphatic heterocycles. The highest BCUT2D eigenvalue weighted by Crippen LogP contribution is 2.37. The second-order valence-electron chi connectivity index (χ2n) is 4.26. The van der Waals surface area contributed by atoms with Crippen LogP contribution in [0.15, 0.2) is 12.7 Å². The molecular formula is C13H21NO4. The zero-order chi connectivity index (χ0) is 13.8. The van der Waals surface area contributed by atoms with Gasteiger partial charge in [-0.15, -0.1) is 6.58 Å². The van der Waals surface area contributed by atoms with Crippen molar-refractivity contribution in [3.8, 4) is 0 Å². The quantitative estimate of drug-likeness (QED) is 0.416. The molecule has 1 fully saturated rings. The van der Waals surface area contributed by atoms with Crippen LogP contribution < -0.4 is 0 Å². The van der Waals surface area contributed by atoms with E-state index in [1.54, 1.807) is 31.9 Å². The van der Waals surface area contributed by atoms with E-state index in [-0.39, 0.29) is 19.1 Å². The van der Waals surface area contributed by atoms with Crippen LogP contribution in [-0.2, 0) is 19.1 Å². The van der Waals surface area contributed by atoms with Gasteiger partial charge in [-0.3, -0.25) is 4.90 Å². The second kappa shape index (κ2) is 6.00. The Morgan fingerprint density at radius 2 is 1.83 bits per heavy atom. The molecule has 1 rings (SSSR count). The van der Waals surface area contributed by atoms with Crippen molar-refractivity contribution in [1.82, 2.24) is 4.90 Å². The van der Waals surface area contributed by atoms with Gasteiger partial charge in [0.2, 0.25) is 5.54 Å². The van der Waals surface area contributed by atoms with Crippen LogP contribution in [0.4, 0.5) is 0 Å². The van der Waals surface area contributed by atoms with Gasteiger partial charge in [0.05, 0.1) is 13.2 Å². The van der Waals surface area contributed by atoms with E-state index in [2.05, 4.69) is 6.58 Å². The van der Waals surface area contributed by atoms with Crippen LogP contribution in [0.5, 0.6) is 0 Å². The minimum Gasteiger partial charge on any atom is -0.464 e. The maximum Gasteiger partial charge on any atom is 0.338 e. The topological polar surface area (TPSA) is 55.8 Å². The average molecular weight is 255 g/mol. The van der Waals surface area contributed by atoms with Crippen molar-refractivity contribution >= 4 is 11.9 Å². The maximum atomic E-state index is 12.3. The first-order valence-electron chi connectivity index (χ1n) is 6.23. The Bertz CT molecular complexity index is 322. The summed E-state index contributed by atoms with van der Waals surface area (Å²) in [6.45, 7) is 8.25. The lowest BCUT2D eigenvalue weighted by atomic mass is 9.84. The van der Waals surface area contributed by atoms with Crippen LogP contribution in [-0.4, -0.2) is 49.2 Å². The Labute approximate surface area is 108 Å². The molecular weight excluding hydrogens is 234 g/mol. The summed E-state index contributed by atoms with van der Waals surface area (Å²) >= 11 is 0. The molecule has 5 heteroatoms.